The summed E-state index contributed by atoms with van der Waals surface area (Å²) in [5.74, 6) is 2.56. The van der Waals surface area contributed by atoms with Gasteiger partial charge in [-0.1, -0.05) is 31.0 Å². The first kappa shape index (κ1) is 20.1. The summed E-state index contributed by atoms with van der Waals surface area (Å²) in [5.41, 5.74) is 2.57. The number of rotatable bonds is 6. The Balaban J connectivity index is 1.60. The molecule has 0 atom stereocenters. The third kappa shape index (κ3) is 3.58. The molecular formula is C24H28N4O2. The number of carbonyl (C=O) groups is 1. The van der Waals surface area contributed by atoms with E-state index in [0.717, 1.165) is 59.8 Å². The second kappa shape index (κ2) is 8.30. The fraction of sp³-hybridized carbons (Fsp3) is 0.375. The van der Waals surface area contributed by atoms with Crippen LogP contribution in [0.1, 0.15) is 48.2 Å². The van der Waals surface area contributed by atoms with Crippen LogP contribution in [-0.2, 0) is 16.8 Å². The number of nitrogens with one attached hydrogen (secondary N) is 1. The number of aryl methyl sites for hydroxylation is 2. The average Bonchev–Trinajstić information content (AvgIpc) is 3.42. The van der Waals surface area contributed by atoms with Gasteiger partial charge in [-0.05, 0) is 49.9 Å². The largest absolute Gasteiger partial charge is 0.496 e. The minimum absolute atomic E-state index is 0.0723. The molecule has 1 aliphatic rings. The van der Waals surface area contributed by atoms with Crippen LogP contribution in [-0.4, -0.2) is 27.6 Å². The third-order valence-electron chi connectivity index (χ3n) is 6.21. The van der Waals surface area contributed by atoms with E-state index < -0.39 is 5.41 Å². The summed E-state index contributed by atoms with van der Waals surface area (Å²) in [6, 6.07) is 10.0. The Morgan fingerprint density at radius 2 is 1.97 bits per heavy atom. The summed E-state index contributed by atoms with van der Waals surface area (Å²) in [4.78, 5) is 22.3. The Morgan fingerprint density at radius 3 is 2.67 bits per heavy atom. The molecule has 0 saturated heterocycles. The maximum absolute atomic E-state index is 13.5. The van der Waals surface area contributed by atoms with Crippen LogP contribution in [0.25, 0.3) is 5.82 Å². The molecule has 1 aromatic carbocycles. The van der Waals surface area contributed by atoms with E-state index in [1.54, 1.807) is 19.5 Å². The number of nitrogens with zero attached hydrogens (tertiary/aromatic N) is 3. The lowest BCUT2D eigenvalue weighted by atomic mass is 9.77. The molecule has 1 saturated carbocycles. The number of hydrogen-bond acceptors (Lipinski definition) is 4. The highest BCUT2D eigenvalue weighted by atomic mass is 16.5. The predicted octanol–water partition coefficient (Wildman–Crippen LogP) is 4.02. The van der Waals surface area contributed by atoms with E-state index in [2.05, 4.69) is 21.4 Å². The van der Waals surface area contributed by atoms with Gasteiger partial charge < -0.3 is 10.1 Å². The number of benzene rings is 1. The molecule has 6 heteroatoms. The number of ether oxygens (including phenoxy) is 1. The van der Waals surface area contributed by atoms with E-state index in [9.17, 15) is 4.79 Å². The van der Waals surface area contributed by atoms with Crippen molar-refractivity contribution in [2.75, 3.05) is 7.11 Å². The second-order valence-electron chi connectivity index (χ2n) is 7.99. The molecule has 0 radical (unpaired) electrons. The minimum atomic E-state index is -0.506. The van der Waals surface area contributed by atoms with Crippen LogP contribution in [0.2, 0.25) is 0 Å². The van der Waals surface area contributed by atoms with Crippen molar-refractivity contribution in [3.63, 3.8) is 0 Å². The summed E-state index contributed by atoms with van der Waals surface area (Å²) < 4.78 is 7.46. The Kier molecular flexibility index (Phi) is 5.57. The number of amides is 1. The van der Waals surface area contributed by atoms with Crippen LogP contribution in [0.4, 0.5) is 0 Å². The van der Waals surface area contributed by atoms with Crippen molar-refractivity contribution in [1.82, 2.24) is 19.9 Å². The molecule has 1 aliphatic carbocycles. The fourth-order valence-corrected chi connectivity index (χ4v) is 4.47. The van der Waals surface area contributed by atoms with E-state index >= 15 is 0 Å². The maximum atomic E-state index is 13.5. The van der Waals surface area contributed by atoms with Gasteiger partial charge in [0.25, 0.3) is 0 Å². The minimum Gasteiger partial charge on any atom is -0.496 e. The zero-order chi connectivity index (χ0) is 21.1. The maximum Gasteiger partial charge on any atom is 0.230 e. The molecule has 0 spiro atoms. The van der Waals surface area contributed by atoms with Gasteiger partial charge in [0.15, 0.2) is 0 Å². The van der Waals surface area contributed by atoms with Gasteiger partial charge in [0.2, 0.25) is 5.91 Å². The lowest BCUT2D eigenvalue weighted by Crippen LogP contribution is -2.42. The first-order valence-electron chi connectivity index (χ1n) is 10.4. The molecule has 3 aromatic rings. The van der Waals surface area contributed by atoms with Crippen molar-refractivity contribution in [3.8, 4) is 11.6 Å². The molecule has 6 nitrogen and oxygen atoms in total. The normalized spacial score (nSPS) is 15.2. The molecular weight excluding hydrogens is 376 g/mol. The van der Waals surface area contributed by atoms with Crippen molar-refractivity contribution in [3.05, 3.63) is 71.4 Å². The zero-order valence-electron chi connectivity index (χ0n) is 17.8. The van der Waals surface area contributed by atoms with E-state index in [-0.39, 0.29) is 5.91 Å². The molecule has 1 amide bonds. The van der Waals surface area contributed by atoms with Crippen molar-refractivity contribution in [1.29, 1.82) is 0 Å². The highest BCUT2D eigenvalue weighted by Crippen LogP contribution is 2.42. The van der Waals surface area contributed by atoms with Crippen molar-refractivity contribution >= 4 is 5.91 Å². The van der Waals surface area contributed by atoms with E-state index in [1.807, 2.05) is 48.9 Å². The fourth-order valence-electron chi connectivity index (χ4n) is 4.47. The number of imidazole rings is 1. The van der Waals surface area contributed by atoms with E-state index in [4.69, 9.17) is 4.74 Å². The van der Waals surface area contributed by atoms with Crippen molar-refractivity contribution in [2.45, 2.75) is 51.5 Å². The van der Waals surface area contributed by atoms with Gasteiger partial charge >= 0.3 is 0 Å². The summed E-state index contributed by atoms with van der Waals surface area (Å²) in [6.07, 6.45) is 9.21. The monoisotopic (exact) mass is 404 g/mol. The summed E-state index contributed by atoms with van der Waals surface area (Å²) in [7, 11) is 1.68. The molecule has 156 valence electrons. The number of carbonyl (C=O) groups excluding carboxylic acids is 1. The summed E-state index contributed by atoms with van der Waals surface area (Å²) >= 11 is 0. The predicted molar refractivity (Wildman–Crippen MR) is 116 cm³/mol. The smallest absolute Gasteiger partial charge is 0.230 e. The molecule has 30 heavy (non-hydrogen) atoms. The quantitative estimate of drug-likeness (QED) is 0.674. The van der Waals surface area contributed by atoms with Crippen molar-refractivity contribution in [2.24, 2.45) is 0 Å². The third-order valence-corrected chi connectivity index (χ3v) is 6.21. The Hall–Kier alpha value is -3.15. The number of pyridine rings is 1. The van der Waals surface area contributed by atoms with Gasteiger partial charge in [-0.25, -0.2) is 9.97 Å². The Bertz CT molecular complexity index is 1050. The highest BCUT2D eigenvalue weighted by Gasteiger charge is 2.42. The number of hydrogen-bond donors (Lipinski definition) is 1. The molecule has 1 N–H and O–H groups in total. The first-order valence-corrected chi connectivity index (χ1v) is 10.4. The number of aromatic nitrogens is 3. The molecule has 2 aromatic heterocycles. The van der Waals surface area contributed by atoms with Crippen LogP contribution >= 0.6 is 0 Å². The molecule has 2 heterocycles. The summed E-state index contributed by atoms with van der Waals surface area (Å²) in [6.45, 7) is 4.38. The van der Waals surface area contributed by atoms with E-state index in [1.165, 1.54) is 0 Å². The zero-order valence-corrected chi connectivity index (χ0v) is 17.8. The Morgan fingerprint density at radius 1 is 1.17 bits per heavy atom. The molecule has 0 bridgehead atoms. The van der Waals surface area contributed by atoms with Gasteiger partial charge in [0, 0.05) is 30.7 Å². The standard InChI is InChI=1S/C24H28N4O2/c1-17-8-9-20(15-21(17)30-3)24(10-4-5-11-24)23(29)27-16-19-7-6-12-26-22(19)28-14-13-25-18(28)2/h6-9,12-15H,4-5,10-11,16H2,1-3H3,(H,27,29). The summed E-state index contributed by atoms with van der Waals surface area (Å²) in [5, 5.41) is 3.20. The lowest BCUT2D eigenvalue weighted by molar-refractivity contribution is -0.126. The SMILES string of the molecule is COc1cc(C2(C(=O)NCc3cccnc3-n3ccnc3C)CCCC2)ccc1C. The Labute approximate surface area is 177 Å². The first-order chi connectivity index (χ1) is 14.5. The number of methoxy groups -OCH3 is 1. The molecule has 4 rings (SSSR count). The topological polar surface area (TPSA) is 69.0 Å². The van der Waals surface area contributed by atoms with Gasteiger partial charge in [0.05, 0.1) is 12.5 Å². The van der Waals surface area contributed by atoms with Gasteiger partial charge in [0.1, 0.15) is 17.4 Å². The second-order valence-corrected chi connectivity index (χ2v) is 7.99. The van der Waals surface area contributed by atoms with Crippen LogP contribution in [0.5, 0.6) is 5.75 Å². The van der Waals surface area contributed by atoms with Gasteiger partial charge in [-0.2, -0.15) is 0 Å². The highest BCUT2D eigenvalue weighted by molar-refractivity contribution is 5.88. The van der Waals surface area contributed by atoms with Gasteiger partial charge in [-0.15, -0.1) is 0 Å². The van der Waals surface area contributed by atoms with Crippen LogP contribution < -0.4 is 10.1 Å². The molecule has 0 aliphatic heterocycles. The average molecular weight is 405 g/mol. The van der Waals surface area contributed by atoms with Crippen molar-refractivity contribution < 1.29 is 9.53 Å². The van der Waals surface area contributed by atoms with Gasteiger partial charge in [-0.3, -0.25) is 9.36 Å². The van der Waals surface area contributed by atoms with Crippen LogP contribution in [0, 0.1) is 13.8 Å². The molecule has 0 unspecified atom stereocenters. The van der Waals surface area contributed by atoms with Crippen LogP contribution in [0.3, 0.4) is 0 Å². The van der Waals surface area contributed by atoms with E-state index in [0.29, 0.717) is 6.54 Å². The molecule has 1 fully saturated rings. The van der Waals surface area contributed by atoms with Crippen LogP contribution in [0.15, 0.2) is 48.9 Å². The lowest BCUT2D eigenvalue weighted by Gasteiger charge is -2.29.